The first-order valence-electron chi connectivity index (χ1n) is 10.5. The van der Waals surface area contributed by atoms with Gasteiger partial charge < -0.3 is 20.1 Å². The van der Waals surface area contributed by atoms with Crippen molar-refractivity contribution in [1.29, 1.82) is 0 Å². The predicted molar refractivity (Wildman–Crippen MR) is 126 cm³/mol. The average Bonchev–Trinajstić information content (AvgIpc) is 2.86. The summed E-state index contributed by atoms with van der Waals surface area (Å²) in [7, 11) is 0. The molecule has 0 saturated heterocycles. The van der Waals surface area contributed by atoms with Crippen LogP contribution in [0.5, 0.6) is 17.2 Å². The van der Waals surface area contributed by atoms with Gasteiger partial charge in [0.15, 0.2) is 0 Å². The number of hydrogen-bond donors (Lipinski definition) is 2. The number of ether oxygens (including phenoxy) is 2. The number of aromatic nitrogens is 1. The van der Waals surface area contributed by atoms with E-state index in [1.54, 1.807) is 67.0 Å². The molecule has 3 aromatic carbocycles. The fourth-order valence-electron chi connectivity index (χ4n) is 3.09. The molecule has 7 nitrogen and oxygen atoms in total. The molecule has 4 aromatic rings. The van der Waals surface area contributed by atoms with Crippen LogP contribution in [0.2, 0.25) is 0 Å². The molecule has 36 heavy (non-hydrogen) atoms. The van der Waals surface area contributed by atoms with Crippen LogP contribution in [0, 0.1) is 0 Å². The van der Waals surface area contributed by atoms with E-state index < -0.39 is 29.5 Å². The number of carbonyl (C=O) groups is 2. The van der Waals surface area contributed by atoms with Crippen LogP contribution in [0.4, 0.5) is 29.3 Å². The number of alkyl halides is 3. The number of nitrogens with zero attached hydrogens (tertiary/aromatic N) is 1. The van der Waals surface area contributed by atoms with Crippen LogP contribution in [0.25, 0.3) is 0 Å². The Morgan fingerprint density at radius 1 is 0.750 bits per heavy atom. The highest BCUT2D eigenvalue weighted by Crippen LogP contribution is 2.38. The molecule has 2 amide bonds. The van der Waals surface area contributed by atoms with Crippen molar-refractivity contribution < 1.29 is 32.2 Å². The molecule has 4 rings (SSSR count). The molecule has 182 valence electrons. The monoisotopic (exact) mass is 493 g/mol. The number of urea groups is 1. The Morgan fingerprint density at radius 2 is 1.36 bits per heavy atom. The van der Waals surface area contributed by atoms with E-state index in [0.717, 1.165) is 6.07 Å². The number of benzene rings is 3. The van der Waals surface area contributed by atoms with Crippen LogP contribution in [0.3, 0.4) is 0 Å². The van der Waals surface area contributed by atoms with E-state index in [1.165, 1.54) is 18.2 Å². The third kappa shape index (κ3) is 6.38. The normalized spacial score (nSPS) is 10.9. The van der Waals surface area contributed by atoms with Gasteiger partial charge in [-0.05, 0) is 66.7 Å². The van der Waals surface area contributed by atoms with Crippen molar-refractivity contribution in [2.24, 2.45) is 0 Å². The molecular weight excluding hydrogens is 475 g/mol. The lowest BCUT2D eigenvalue weighted by Crippen LogP contribution is -2.20. The highest BCUT2D eigenvalue weighted by Gasteiger charge is 2.35. The quantitative estimate of drug-likeness (QED) is 0.229. The molecule has 2 N–H and O–H groups in total. The molecule has 0 aliphatic heterocycles. The molecule has 0 aliphatic carbocycles. The van der Waals surface area contributed by atoms with E-state index in [-0.39, 0.29) is 11.3 Å². The Bertz CT molecular complexity index is 1350. The summed E-state index contributed by atoms with van der Waals surface area (Å²) in [4.78, 5) is 28.4. The van der Waals surface area contributed by atoms with Crippen LogP contribution >= 0.6 is 0 Å². The van der Waals surface area contributed by atoms with Gasteiger partial charge in [0.25, 0.3) is 0 Å². The maximum absolute atomic E-state index is 13.6. The molecule has 0 aliphatic rings. The molecule has 10 heteroatoms. The number of rotatable bonds is 6. The van der Waals surface area contributed by atoms with Gasteiger partial charge in [0.1, 0.15) is 22.8 Å². The zero-order valence-electron chi connectivity index (χ0n) is 18.5. The Hall–Kier alpha value is -4.86. The molecule has 0 spiro atoms. The van der Waals surface area contributed by atoms with Crippen LogP contribution < -0.4 is 20.1 Å². The Labute approximate surface area is 203 Å². The number of pyridine rings is 1. The number of nitrogens with one attached hydrogen (secondary N) is 2. The van der Waals surface area contributed by atoms with Crippen molar-refractivity contribution >= 4 is 23.4 Å². The first-order chi connectivity index (χ1) is 17.3. The molecule has 0 unspecified atom stereocenters. The summed E-state index contributed by atoms with van der Waals surface area (Å²) < 4.78 is 51.5. The number of hydrogen-bond acceptors (Lipinski definition) is 5. The Kier molecular flexibility index (Phi) is 7.15. The first-order valence-corrected chi connectivity index (χ1v) is 10.5. The van der Waals surface area contributed by atoms with E-state index in [4.69, 9.17) is 9.47 Å². The number of halogens is 3. The number of esters is 1. The van der Waals surface area contributed by atoms with Gasteiger partial charge in [-0.2, -0.15) is 13.2 Å². The molecule has 0 radical (unpaired) electrons. The zero-order valence-corrected chi connectivity index (χ0v) is 18.5. The predicted octanol–water partition coefficient (Wildman–Crippen LogP) is 6.76. The zero-order chi connectivity index (χ0) is 25.5. The Balaban J connectivity index is 1.42. The van der Waals surface area contributed by atoms with E-state index >= 15 is 0 Å². The van der Waals surface area contributed by atoms with Crippen LogP contribution in [-0.2, 0) is 6.18 Å². The van der Waals surface area contributed by atoms with Crippen molar-refractivity contribution in [3.63, 3.8) is 0 Å². The maximum Gasteiger partial charge on any atom is 0.420 e. The lowest BCUT2D eigenvalue weighted by atomic mass is 10.1. The second kappa shape index (κ2) is 10.6. The summed E-state index contributed by atoms with van der Waals surface area (Å²) in [5, 5.41) is 4.87. The minimum absolute atomic E-state index is 0.101. The standard InChI is InChI=1S/C26H18F3N3O4/c27-26(28,29)22-16-19(8-11-23(22)36-24(33)17-4-2-1-3-5-17)32-25(34)31-18-6-9-20(10-7-18)35-21-12-14-30-15-13-21/h1-16H,(H2,31,32,34). The van der Waals surface area contributed by atoms with Gasteiger partial charge in [0, 0.05) is 23.8 Å². The van der Waals surface area contributed by atoms with Crippen molar-refractivity contribution in [2.45, 2.75) is 6.18 Å². The van der Waals surface area contributed by atoms with Crippen molar-refractivity contribution in [3.05, 3.63) is 108 Å². The van der Waals surface area contributed by atoms with Gasteiger partial charge in [-0.15, -0.1) is 0 Å². The summed E-state index contributed by atoms with van der Waals surface area (Å²) >= 11 is 0. The highest BCUT2D eigenvalue weighted by atomic mass is 19.4. The summed E-state index contributed by atoms with van der Waals surface area (Å²) in [6.07, 6.45) is -1.66. The SMILES string of the molecule is O=C(Nc1ccc(Oc2ccncc2)cc1)Nc1ccc(OC(=O)c2ccccc2)c(C(F)(F)F)c1. The lowest BCUT2D eigenvalue weighted by molar-refractivity contribution is -0.138. The van der Waals surface area contributed by atoms with Gasteiger partial charge in [0.2, 0.25) is 0 Å². The van der Waals surface area contributed by atoms with E-state index in [1.807, 2.05) is 0 Å². The topological polar surface area (TPSA) is 89.6 Å². The summed E-state index contributed by atoms with van der Waals surface area (Å²) in [6.45, 7) is 0. The molecule has 0 atom stereocenters. The average molecular weight is 493 g/mol. The summed E-state index contributed by atoms with van der Waals surface area (Å²) in [6, 6.07) is 19.5. The smallest absolute Gasteiger partial charge is 0.420 e. The maximum atomic E-state index is 13.6. The third-order valence-electron chi connectivity index (χ3n) is 4.75. The summed E-state index contributed by atoms with van der Waals surface area (Å²) in [5.41, 5.74) is -0.859. The van der Waals surface area contributed by atoms with Gasteiger partial charge in [-0.25, -0.2) is 9.59 Å². The molecule has 0 bridgehead atoms. The molecular formula is C26H18F3N3O4. The van der Waals surface area contributed by atoms with Gasteiger partial charge in [-0.3, -0.25) is 4.98 Å². The van der Waals surface area contributed by atoms with Gasteiger partial charge >= 0.3 is 18.2 Å². The van der Waals surface area contributed by atoms with Crippen LogP contribution in [-0.4, -0.2) is 17.0 Å². The molecule has 0 fully saturated rings. The Morgan fingerprint density at radius 3 is 2.03 bits per heavy atom. The third-order valence-corrected chi connectivity index (χ3v) is 4.75. The molecule has 1 heterocycles. The summed E-state index contributed by atoms with van der Waals surface area (Å²) in [5.74, 6) is -0.507. The van der Waals surface area contributed by atoms with Crippen LogP contribution in [0.1, 0.15) is 15.9 Å². The minimum atomic E-state index is -4.83. The second-order valence-corrected chi connectivity index (χ2v) is 7.35. The molecule has 0 saturated carbocycles. The largest absolute Gasteiger partial charge is 0.457 e. The fraction of sp³-hybridized carbons (Fsp3) is 0.0385. The van der Waals surface area contributed by atoms with Crippen LogP contribution in [0.15, 0.2) is 97.3 Å². The van der Waals surface area contributed by atoms with E-state index in [0.29, 0.717) is 23.3 Å². The molecule has 1 aromatic heterocycles. The highest BCUT2D eigenvalue weighted by molar-refractivity contribution is 6.00. The van der Waals surface area contributed by atoms with Gasteiger partial charge in [0.05, 0.1) is 5.56 Å². The first kappa shape index (κ1) is 24.3. The number of amides is 2. The lowest BCUT2D eigenvalue weighted by Gasteiger charge is -2.15. The number of anilines is 2. The van der Waals surface area contributed by atoms with E-state index in [9.17, 15) is 22.8 Å². The second-order valence-electron chi connectivity index (χ2n) is 7.35. The minimum Gasteiger partial charge on any atom is -0.457 e. The fourth-order valence-corrected chi connectivity index (χ4v) is 3.09. The van der Waals surface area contributed by atoms with E-state index in [2.05, 4.69) is 15.6 Å². The van der Waals surface area contributed by atoms with Crippen molar-refractivity contribution in [1.82, 2.24) is 4.98 Å². The van der Waals surface area contributed by atoms with Crippen molar-refractivity contribution in [3.8, 4) is 17.2 Å². The number of carbonyl (C=O) groups excluding carboxylic acids is 2. The van der Waals surface area contributed by atoms with Crippen molar-refractivity contribution in [2.75, 3.05) is 10.6 Å². The van der Waals surface area contributed by atoms with Gasteiger partial charge in [-0.1, -0.05) is 18.2 Å².